The van der Waals surface area contributed by atoms with Crippen molar-refractivity contribution in [2.24, 2.45) is 0 Å². The van der Waals surface area contributed by atoms with Crippen molar-refractivity contribution < 1.29 is 9.18 Å². The molecule has 0 saturated carbocycles. The van der Waals surface area contributed by atoms with E-state index in [1.165, 1.54) is 23.9 Å². The van der Waals surface area contributed by atoms with E-state index in [4.69, 9.17) is 0 Å². The van der Waals surface area contributed by atoms with Gasteiger partial charge in [-0.1, -0.05) is 42.1 Å². The van der Waals surface area contributed by atoms with E-state index in [-0.39, 0.29) is 17.5 Å². The second-order valence-electron chi connectivity index (χ2n) is 5.20. The maximum Gasteiger partial charge on any atom is 0.234 e. The highest BCUT2D eigenvalue weighted by Crippen LogP contribution is 2.18. The normalized spacial score (nSPS) is 11.0. The summed E-state index contributed by atoms with van der Waals surface area (Å²) in [6.45, 7) is 0. The van der Waals surface area contributed by atoms with Crippen LogP contribution in [0.1, 0.15) is 11.4 Å². The average molecular weight is 480 g/mol. The SMILES string of the molecule is O=C(CSc1n[nH]c(/C=C/c2ccc(F)cc2)n1)Nc1ccccc1I. The van der Waals surface area contributed by atoms with Gasteiger partial charge in [-0.15, -0.1) is 5.10 Å². The van der Waals surface area contributed by atoms with Gasteiger partial charge < -0.3 is 5.32 Å². The molecule has 2 aromatic carbocycles. The molecular weight excluding hydrogens is 466 g/mol. The van der Waals surface area contributed by atoms with E-state index in [0.717, 1.165) is 14.8 Å². The van der Waals surface area contributed by atoms with Crippen LogP contribution >= 0.6 is 34.4 Å². The Labute approximate surface area is 167 Å². The number of anilines is 1. The van der Waals surface area contributed by atoms with Crippen LogP contribution in [0.5, 0.6) is 0 Å². The lowest BCUT2D eigenvalue weighted by molar-refractivity contribution is -0.113. The maximum atomic E-state index is 12.9. The Morgan fingerprint density at radius 3 is 2.73 bits per heavy atom. The molecule has 0 unspecified atom stereocenters. The van der Waals surface area contributed by atoms with Crippen molar-refractivity contribution in [3.63, 3.8) is 0 Å². The number of aromatic amines is 1. The number of hydrogen-bond acceptors (Lipinski definition) is 4. The molecule has 3 rings (SSSR count). The van der Waals surface area contributed by atoms with Gasteiger partial charge >= 0.3 is 0 Å². The van der Waals surface area contributed by atoms with E-state index in [2.05, 4.69) is 43.1 Å². The first kappa shape index (κ1) is 18.6. The summed E-state index contributed by atoms with van der Waals surface area (Å²) >= 11 is 3.42. The van der Waals surface area contributed by atoms with Crippen molar-refractivity contribution in [1.82, 2.24) is 15.2 Å². The lowest BCUT2D eigenvalue weighted by atomic mass is 10.2. The smallest absolute Gasteiger partial charge is 0.234 e. The van der Waals surface area contributed by atoms with Gasteiger partial charge in [-0.25, -0.2) is 9.37 Å². The molecule has 0 saturated heterocycles. The number of halogens is 2. The van der Waals surface area contributed by atoms with Gasteiger partial charge in [0, 0.05) is 3.57 Å². The number of carbonyl (C=O) groups is 1. The van der Waals surface area contributed by atoms with E-state index in [1.807, 2.05) is 24.3 Å². The van der Waals surface area contributed by atoms with Gasteiger partial charge in [-0.05, 0) is 58.5 Å². The lowest BCUT2D eigenvalue weighted by Gasteiger charge is -2.05. The van der Waals surface area contributed by atoms with Crippen molar-refractivity contribution in [3.8, 4) is 0 Å². The number of thioether (sulfide) groups is 1. The van der Waals surface area contributed by atoms with Crippen LogP contribution in [0.2, 0.25) is 0 Å². The number of para-hydroxylation sites is 1. The monoisotopic (exact) mass is 480 g/mol. The molecule has 1 aromatic heterocycles. The van der Waals surface area contributed by atoms with Crippen LogP contribution < -0.4 is 5.32 Å². The number of hydrogen-bond donors (Lipinski definition) is 2. The third-order valence-electron chi connectivity index (χ3n) is 3.27. The molecule has 0 aliphatic carbocycles. The van der Waals surface area contributed by atoms with Gasteiger partial charge in [0.2, 0.25) is 11.1 Å². The first-order chi connectivity index (χ1) is 12.6. The third kappa shape index (κ3) is 5.40. The molecule has 0 radical (unpaired) electrons. The summed E-state index contributed by atoms with van der Waals surface area (Å²) in [4.78, 5) is 16.3. The zero-order chi connectivity index (χ0) is 18.4. The van der Waals surface area contributed by atoms with Gasteiger partial charge in [0.1, 0.15) is 11.6 Å². The zero-order valence-corrected chi connectivity index (χ0v) is 16.4. The molecule has 0 fully saturated rings. The van der Waals surface area contributed by atoms with Gasteiger partial charge in [0.25, 0.3) is 0 Å². The molecule has 0 aliphatic rings. The third-order valence-corrected chi connectivity index (χ3v) is 5.05. The zero-order valence-electron chi connectivity index (χ0n) is 13.4. The molecule has 5 nitrogen and oxygen atoms in total. The van der Waals surface area contributed by atoms with Crippen molar-refractivity contribution in [1.29, 1.82) is 0 Å². The summed E-state index contributed by atoms with van der Waals surface area (Å²) in [5.74, 6) is 0.385. The minimum atomic E-state index is -0.274. The number of H-pyrrole nitrogens is 1. The lowest BCUT2D eigenvalue weighted by Crippen LogP contribution is -2.14. The van der Waals surface area contributed by atoms with Crippen LogP contribution in [0, 0.1) is 9.39 Å². The van der Waals surface area contributed by atoms with E-state index in [9.17, 15) is 9.18 Å². The number of carbonyl (C=O) groups excluding carboxylic acids is 1. The molecule has 1 heterocycles. The van der Waals surface area contributed by atoms with Gasteiger partial charge in [0.15, 0.2) is 0 Å². The number of benzene rings is 2. The fourth-order valence-corrected chi connectivity index (χ4v) is 3.15. The summed E-state index contributed by atoms with van der Waals surface area (Å²) in [7, 11) is 0. The highest BCUT2D eigenvalue weighted by molar-refractivity contribution is 14.1. The quantitative estimate of drug-likeness (QED) is 0.404. The van der Waals surface area contributed by atoms with E-state index in [1.54, 1.807) is 24.3 Å². The van der Waals surface area contributed by atoms with Crippen molar-refractivity contribution >= 4 is 58.1 Å². The maximum absolute atomic E-state index is 12.9. The van der Waals surface area contributed by atoms with Gasteiger partial charge in [-0.2, -0.15) is 0 Å². The van der Waals surface area contributed by atoms with Crippen molar-refractivity contribution in [2.45, 2.75) is 5.16 Å². The molecular formula is C18H14FIN4OS. The molecule has 0 atom stereocenters. The first-order valence-corrected chi connectivity index (χ1v) is 9.70. The summed E-state index contributed by atoms with van der Waals surface area (Å²) < 4.78 is 13.9. The Balaban J connectivity index is 1.52. The molecule has 0 aliphatic heterocycles. The Kier molecular flexibility index (Phi) is 6.40. The highest BCUT2D eigenvalue weighted by atomic mass is 127. The Morgan fingerprint density at radius 2 is 1.96 bits per heavy atom. The fraction of sp³-hybridized carbons (Fsp3) is 0.0556. The Hall–Kier alpha value is -2.20. The minimum Gasteiger partial charge on any atom is -0.324 e. The van der Waals surface area contributed by atoms with Crippen LogP contribution in [0.3, 0.4) is 0 Å². The van der Waals surface area contributed by atoms with Crippen LogP contribution in [0.15, 0.2) is 53.7 Å². The minimum absolute atomic E-state index is 0.118. The molecule has 0 bridgehead atoms. The molecule has 8 heteroatoms. The van der Waals surface area contributed by atoms with Crippen LogP contribution in [-0.2, 0) is 4.79 Å². The molecule has 26 heavy (non-hydrogen) atoms. The van der Waals surface area contributed by atoms with Crippen LogP contribution in [0.4, 0.5) is 10.1 Å². The Morgan fingerprint density at radius 1 is 1.19 bits per heavy atom. The number of nitrogens with one attached hydrogen (secondary N) is 2. The second-order valence-corrected chi connectivity index (χ2v) is 7.31. The molecule has 132 valence electrons. The van der Waals surface area contributed by atoms with Crippen LogP contribution in [-0.4, -0.2) is 26.8 Å². The van der Waals surface area contributed by atoms with Crippen LogP contribution in [0.25, 0.3) is 12.2 Å². The summed E-state index contributed by atoms with van der Waals surface area (Å²) in [6.07, 6.45) is 3.55. The summed E-state index contributed by atoms with van der Waals surface area (Å²) in [5, 5.41) is 10.2. The topological polar surface area (TPSA) is 70.7 Å². The summed E-state index contributed by atoms with van der Waals surface area (Å²) in [5.41, 5.74) is 1.64. The van der Waals surface area contributed by atoms with Crippen molar-refractivity contribution in [3.05, 3.63) is 69.3 Å². The standard InChI is InChI=1S/C18H14FIN4OS/c19-13-8-5-12(6-9-13)7-10-16-22-18(24-23-16)26-11-17(25)21-15-4-2-1-3-14(15)20/h1-10H,11H2,(H,21,25)(H,22,23,24)/b10-7+. The largest absolute Gasteiger partial charge is 0.324 e. The predicted octanol–water partition coefficient (Wildman–Crippen LogP) is 4.45. The first-order valence-electron chi connectivity index (χ1n) is 7.63. The summed E-state index contributed by atoms with van der Waals surface area (Å²) in [6, 6.07) is 13.7. The van der Waals surface area contributed by atoms with Gasteiger partial charge in [0.05, 0.1) is 11.4 Å². The predicted molar refractivity (Wildman–Crippen MR) is 110 cm³/mol. The fourth-order valence-electron chi connectivity index (χ4n) is 2.03. The Bertz CT molecular complexity index is 927. The number of aromatic nitrogens is 3. The van der Waals surface area contributed by atoms with E-state index >= 15 is 0 Å². The van der Waals surface area contributed by atoms with Crippen molar-refractivity contribution in [2.75, 3.05) is 11.1 Å². The average Bonchev–Trinajstić information content (AvgIpc) is 3.09. The molecule has 2 N–H and O–H groups in total. The molecule has 1 amide bonds. The number of nitrogens with zero attached hydrogens (tertiary/aromatic N) is 2. The van der Waals surface area contributed by atoms with E-state index in [0.29, 0.717) is 11.0 Å². The molecule has 3 aromatic rings. The number of rotatable bonds is 6. The molecule has 0 spiro atoms. The second kappa shape index (κ2) is 8.95. The number of amides is 1. The highest BCUT2D eigenvalue weighted by Gasteiger charge is 2.08. The van der Waals surface area contributed by atoms with E-state index < -0.39 is 0 Å². The van der Waals surface area contributed by atoms with Gasteiger partial charge in [-0.3, -0.25) is 9.89 Å².